The summed E-state index contributed by atoms with van der Waals surface area (Å²) >= 11 is 1.30. The van der Waals surface area contributed by atoms with Gasteiger partial charge in [0.1, 0.15) is 5.03 Å². The highest BCUT2D eigenvalue weighted by Gasteiger charge is 2.15. The summed E-state index contributed by atoms with van der Waals surface area (Å²) in [6.45, 7) is 0.228. The number of benzene rings is 2. The van der Waals surface area contributed by atoms with Crippen LogP contribution in [0.2, 0.25) is 0 Å². The molecule has 3 aromatic rings. The zero-order valence-corrected chi connectivity index (χ0v) is 17.2. The van der Waals surface area contributed by atoms with Gasteiger partial charge < -0.3 is 24.3 Å². The number of hydrogen-bond donors (Lipinski definition) is 1. The topological polar surface area (TPSA) is 91.8 Å². The number of carbonyl (C=O) groups excluding carboxylic acids is 1. The molecule has 0 aliphatic carbocycles. The molecule has 8 nitrogen and oxygen atoms in total. The largest absolute Gasteiger partial charge is 0.493 e. The van der Waals surface area contributed by atoms with Crippen molar-refractivity contribution in [3.05, 3.63) is 48.5 Å². The highest BCUT2D eigenvalue weighted by Crippen LogP contribution is 2.35. The average Bonchev–Trinajstić information content (AvgIpc) is 3.26. The van der Waals surface area contributed by atoms with Gasteiger partial charge in [-0.25, -0.2) is 0 Å². The Balaban J connectivity index is 1.34. The van der Waals surface area contributed by atoms with Gasteiger partial charge in [0, 0.05) is 17.3 Å². The Hall–Kier alpha value is -3.46. The van der Waals surface area contributed by atoms with E-state index in [1.807, 2.05) is 30.3 Å². The van der Waals surface area contributed by atoms with Crippen molar-refractivity contribution in [3.63, 3.8) is 0 Å². The van der Waals surface area contributed by atoms with Crippen LogP contribution in [0.25, 0.3) is 11.3 Å². The van der Waals surface area contributed by atoms with Crippen LogP contribution in [0.15, 0.2) is 53.6 Å². The standard InChI is InChI=1S/C21H19N3O5S/c1-26-16-7-4-14(10-18(16)27-2)22-20(25)11-30-21-8-5-15(23-24-21)13-3-6-17-19(9-13)29-12-28-17/h3-10H,11-12H2,1-2H3,(H,22,25). The highest BCUT2D eigenvalue weighted by molar-refractivity contribution is 7.99. The molecule has 0 atom stereocenters. The molecule has 1 amide bonds. The molecule has 1 aromatic heterocycles. The first-order chi connectivity index (χ1) is 14.7. The molecular formula is C21H19N3O5S. The number of hydrogen-bond acceptors (Lipinski definition) is 8. The van der Waals surface area contributed by atoms with E-state index >= 15 is 0 Å². The quantitative estimate of drug-likeness (QED) is 0.574. The van der Waals surface area contributed by atoms with Crippen LogP contribution in [0.3, 0.4) is 0 Å². The van der Waals surface area contributed by atoms with E-state index in [4.69, 9.17) is 18.9 Å². The van der Waals surface area contributed by atoms with Crippen LogP contribution in [-0.4, -0.2) is 42.9 Å². The van der Waals surface area contributed by atoms with E-state index in [0.717, 1.165) is 11.3 Å². The second kappa shape index (κ2) is 8.91. The molecule has 0 saturated heterocycles. The summed E-state index contributed by atoms with van der Waals surface area (Å²) in [6.07, 6.45) is 0. The van der Waals surface area contributed by atoms with Crippen molar-refractivity contribution in [3.8, 4) is 34.3 Å². The maximum Gasteiger partial charge on any atom is 0.234 e. The molecule has 0 fully saturated rings. The van der Waals surface area contributed by atoms with Crippen molar-refractivity contribution in [2.24, 2.45) is 0 Å². The number of aromatic nitrogens is 2. The van der Waals surface area contributed by atoms with E-state index in [1.54, 1.807) is 32.4 Å². The molecule has 0 bridgehead atoms. The summed E-state index contributed by atoms with van der Waals surface area (Å²) in [5.41, 5.74) is 2.23. The summed E-state index contributed by atoms with van der Waals surface area (Å²) in [4.78, 5) is 12.3. The number of amides is 1. The molecule has 0 unspecified atom stereocenters. The van der Waals surface area contributed by atoms with Gasteiger partial charge in [-0.05, 0) is 42.5 Å². The lowest BCUT2D eigenvalue weighted by Crippen LogP contribution is -2.14. The Kier molecular flexibility index (Phi) is 5.89. The Morgan fingerprint density at radius 1 is 1.00 bits per heavy atom. The summed E-state index contributed by atoms with van der Waals surface area (Å²) < 4.78 is 21.1. The molecule has 0 saturated carbocycles. The Morgan fingerprint density at radius 2 is 1.83 bits per heavy atom. The van der Waals surface area contributed by atoms with Gasteiger partial charge >= 0.3 is 0 Å². The molecule has 2 heterocycles. The minimum Gasteiger partial charge on any atom is -0.493 e. The van der Waals surface area contributed by atoms with Crippen LogP contribution in [0.4, 0.5) is 5.69 Å². The molecule has 0 radical (unpaired) electrons. The van der Waals surface area contributed by atoms with Gasteiger partial charge in [-0.1, -0.05) is 11.8 Å². The predicted molar refractivity (Wildman–Crippen MR) is 112 cm³/mol. The van der Waals surface area contributed by atoms with Gasteiger partial charge in [0.15, 0.2) is 23.0 Å². The van der Waals surface area contributed by atoms with Crippen LogP contribution in [0.5, 0.6) is 23.0 Å². The van der Waals surface area contributed by atoms with Gasteiger partial charge in [-0.2, -0.15) is 0 Å². The number of nitrogens with one attached hydrogen (secondary N) is 1. The number of carbonyl (C=O) groups is 1. The molecule has 1 aliphatic rings. The molecule has 30 heavy (non-hydrogen) atoms. The Labute approximate surface area is 177 Å². The van der Waals surface area contributed by atoms with E-state index in [9.17, 15) is 4.79 Å². The number of anilines is 1. The SMILES string of the molecule is COc1ccc(NC(=O)CSc2ccc(-c3ccc4c(c3)OCO4)nn2)cc1OC. The number of nitrogens with zero attached hydrogens (tertiary/aromatic N) is 2. The maximum atomic E-state index is 12.3. The lowest BCUT2D eigenvalue weighted by Gasteiger charge is -2.10. The molecule has 9 heteroatoms. The third-order valence-electron chi connectivity index (χ3n) is 4.33. The number of thioether (sulfide) groups is 1. The molecule has 0 spiro atoms. The first kappa shape index (κ1) is 19.8. The predicted octanol–water partition coefficient (Wildman–Crippen LogP) is 3.62. The number of ether oxygens (including phenoxy) is 4. The van der Waals surface area contributed by atoms with Crippen molar-refractivity contribution in [2.45, 2.75) is 5.03 Å². The van der Waals surface area contributed by atoms with Crippen molar-refractivity contribution < 1.29 is 23.7 Å². The fraction of sp³-hybridized carbons (Fsp3) is 0.190. The van der Waals surface area contributed by atoms with Crippen molar-refractivity contribution in [1.82, 2.24) is 10.2 Å². The molecule has 2 aromatic carbocycles. The van der Waals surface area contributed by atoms with E-state index in [-0.39, 0.29) is 18.5 Å². The van der Waals surface area contributed by atoms with E-state index in [2.05, 4.69) is 15.5 Å². The number of fused-ring (bicyclic) bond motifs is 1. The average molecular weight is 425 g/mol. The maximum absolute atomic E-state index is 12.3. The number of methoxy groups -OCH3 is 2. The minimum atomic E-state index is -0.158. The van der Waals surface area contributed by atoms with Gasteiger partial charge in [-0.15, -0.1) is 10.2 Å². The summed E-state index contributed by atoms with van der Waals surface area (Å²) in [5.74, 6) is 2.61. The van der Waals surface area contributed by atoms with E-state index in [1.165, 1.54) is 11.8 Å². The van der Waals surface area contributed by atoms with Crippen molar-refractivity contribution >= 4 is 23.4 Å². The summed E-state index contributed by atoms with van der Waals surface area (Å²) in [7, 11) is 3.11. The Bertz CT molecular complexity index is 1060. The van der Waals surface area contributed by atoms with Crippen molar-refractivity contribution in [1.29, 1.82) is 0 Å². The third kappa shape index (κ3) is 4.41. The number of rotatable bonds is 7. The second-order valence-corrected chi connectivity index (χ2v) is 7.23. The molecule has 1 N–H and O–H groups in total. The fourth-order valence-electron chi connectivity index (χ4n) is 2.86. The Morgan fingerprint density at radius 3 is 2.60 bits per heavy atom. The first-order valence-electron chi connectivity index (χ1n) is 9.04. The minimum absolute atomic E-state index is 0.158. The lowest BCUT2D eigenvalue weighted by atomic mass is 10.1. The monoisotopic (exact) mass is 425 g/mol. The van der Waals surface area contributed by atoms with E-state index < -0.39 is 0 Å². The van der Waals surface area contributed by atoms with Crippen LogP contribution < -0.4 is 24.3 Å². The van der Waals surface area contributed by atoms with Gasteiger partial charge in [0.05, 0.1) is 25.7 Å². The van der Waals surface area contributed by atoms with Gasteiger partial charge in [0.25, 0.3) is 0 Å². The zero-order chi connectivity index (χ0) is 20.9. The molecule has 154 valence electrons. The molecular weight excluding hydrogens is 406 g/mol. The van der Waals surface area contributed by atoms with Crippen LogP contribution in [0.1, 0.15) is 0 Å². The molecule has 4 rings (SSSR count). The smallest absolute Gasteiger partial charge is 0.234 e. The van der Waals surface area contributed by atoms with Crippen molar-refractivity contribution in [2.75, 3.05) is 32.1 Å². The molecule has 1 aliphatic heterocycles. The normalized spacial score (nSPS) is 11.8. The van der Waals surface area contributed by atoms with Crippen LogP contribution >= 0.6 is 11.8 Å². The second-order valence-electron chi connectivity index (χ2n) is 6.23. The summed E-state index contributed by atoms with van der Waals surface area (Å²) in [6, 6.07) is 14.5. The fourth-order valence-corrected chi connectivity index (χ4v) is 3.47. The van der Waals surface area contributed by atoms with E-state index in [0.29, 0.717) is 33.7 Å². The van der Waals surface area contributed by atoms with Gasteiger partial charge in [-0.3, -0.25) is 4.79 Å². The van der Waals surface area contributed by atoms with Crippen LogP contribution in [0, 0.1) is 0 Å². The first-order valence-corrected chi connectivity index (χ1v) is 10.0. The third-order valence-corrected chi connectivity index (χ3v) is 5.25. The van der Waals surface area contributed by atoms with Gasteiger partial charge in [0.2, 0.25) is 12.7 Å². The lowest BCUT2D eigenvalue weighted by molar-refractivity contribution is -0.113. The van der Waals surface area contributed by atoms with Crippen LogP contribution in [-0.2, 0) is 4.79 Å². The zero-order valence-electron chi connectivity index (χ0n) is 16.4. The summed E-state index contributed by atoms with van der Waals surface area (Å²) in [5, 5.41) is 11.9. The highest BCUT2D eigenvalue weighted by atomic mass is 32.2.